The molecule has 2 aromatic carbocycles. The minimum absolute atomic E-state index is 0.0132. The zero-order valence-electron chi connectivity index (χ0n) is 12.3. The zero-order chi connectivity index (χ0) is 15.5. The molecule has 0 spiro atoms. The Balaban J connectivity index is 1.82. The molecule has 0 aliphatic carbocycles. The maximum Gasteiger partial charge on any atom is 0.202 e. The molecule has 0 saturated heterocycles. The number of aryl methyl sites for hydroxylation is 1. The normalized spacial score (nSPS) is 10.8. The maximum absolute atomic E-state index is 12.5. The van der Waals surface area contributed by atoms with Crippen molar-refractivity contribution in [2.45, 2.75) is 13.5 Å². The lowest BCUT2D eigenvalue weighted by molar-refractivity contribution is 0.0923. The van der Waals surface area contributed by atoms with Crippen molar-refractivity contribution in [3.63, 3.8) is 0 Å². The van der Waals surface area contributed by atoms with Crippen LogP contribution >= 0.6 is 11.6 Å². The van der Waals surface area contributed by atoms with Crippen molar-refractivity contribution >= 4 is 28.3 Å². The number of carbonyl (C=O) groups excluding carboxylic acids is 1. The summed E-state index contributed by atoms with van der Waals surface area (Å²) in [7, 11) is 0. The van der Waals surface area contributed by atoms with Gasteiger partial charge in [-0.3, -0.25) is 4.79 Å². The summed E-state index contributed by atoms with van der Waals surface area (Å²) < 4.78 is 7.63. The van der Waals surface area contributed by atoms with Gasteiger partial charge in [-0.25, -0.2) is 0 Å². The fraction of sp³-hybridized carbons (Fsp3) is 0.167. The largest absolute Gasteiger partial charge is 0.485 e. The van der Waals surface area contributed by atoms with Gasteiger partial charge in [-0.1, -0.05) is 29.8 Å². The van der Waals surface area contributed by atoms with Gasteiger partial charge >= 0.3 is 0 Å². The highest BCUT2D eigenvalue weighted by Gasteiger charge is 2.14. The number of rotatable bonds is 5. The van der Waals surface area contributed by atoms with E-state index in [0.29, 0.717) is 16.3 Å². The number of ketones is 1. The van der Waals surface area contributed by atoms with Crippen LogP contribution in [0.15, 0.2) is 54.7 Å². The molecule has 0 atom stereocenters. The Morgan fingerprint density at radius 2 is 1.86 bits per heavy atom. The molecule has 0 unspecified atom stereocenters. The summed E-state index contributed by atoms with van der Waals surface area (Å²) in [6, 6.07) is 14.9. The van der Waals surface area contributed by atoms with E-state index in [1.54, 1.807) is 24.3 Å². The van der Waals surface area contributed by atoms with E-state index in [0.717, 1.165) is 17.4 Å². The second-order valence-electron chi connectivity index (χ2n) is 5.01. The van der Waals surface area contributed by atoms with E-state index in [1.807, 2.05) is 30.5 Å². The average Bonchev–Trinajstić information content (AvgIpc) is 2.93. The lowest BCUT2D eigenvalue weighted by atomic mass is 10.1. The first-order chi connectivity index (χ1) is 10.7. The Bertz CT molecular complexity index is 806. The molecule has 0 saturated carbocycles. The van der Waals surface area contributed by atoms with Gasteiger partial charge in [0, 0.05) is 34.2 Å². The molecular weight excluding hydrogens is 298 g/mol. The quantitative estimate of drug-likeness (QED) is 0.646. The second-order valence-corrected chi connectivity index (χ2v) is 5.45. The van der Waals surface area contributed by atoms with Gasteiger partial charge in [0.25, 0.3) is 0 Å². The van der Waals surface area contributed by atoms with E-state index < -0.39 is 0 Å². The first-order valence-corrected chi connectivity index (χ1v) is 7.56. The number of nitrogens with zero attached hydrogens (tertiary/aromatic N) is 1. The molecule has 0 fully saturated rings. The van der Waals surface area contributed by atoms with E-state index >= 15 is 0 Å². The second kappa shape index (κ2) is 6.24. The summed E-state index contributed by atoms with van der Waals surface area (Å²) in [5.41, 5.74) is 1.77. The molecule has 0 radical (unpaired) electrons. The van der Waals surface area contributed by atoms with Gasteiger partial charge in [-0.05, 0) is 37.3 Å². The molecular formula is C18H16ClNO2. The van der Waals surface area contributed by atoms with Crippen LogP contribution in [0.5, 0.6) is 5.75 Å². The van der Waals surface area contributed by atoms with Crippen molar-refractivity contribution in [3.05, 3.63) is 65.3 Å². The van der Waals surface area contributed by atoms with Crippen molar-refractivity contribution in [2.75, 3.05) is 6.61 Å². The number of halogens is 1. The first kappa shape index (κ1) is 14.7. The standard InChI is InChI=1S/C18H16ClNO2/c1-2-20-11-16(15-5-3-4-6-17(15)20)18(21)12-22-14-9-7-13(19)8-10-14/h3-11H,2,12H2,1H3. The molecule has 4 heteroatoms. The summed E-state index contributed by atoms with van der Waals surface area (Å²) in [4.78, 5) is 12.5. The number of hydrogen-bond donors (Lipinski definition) is 0. The maximum atomic E-state index is 12.5. The van der Waals surface area contributed by atoms with E-state index in [2.05, 4.69) is 11.5 Å². The van der Waals surface area contributed by atoms with Crippen LogP contribution in [0.2, 0.25) is 5.02 Å². The van der Waals surface area contributed by atoms with Gasteiger partial charge in [0.2, 0.25) is 5.78 Å². The topological polar surface area (TPSA) is 31.2 Å². The van der Waals surface area contributed by atoms with E-state index in [4.69, 9.17) is 16.3 Å². The fourth-order valence-electron chi connectivity index (χ4n) is 2.49. The van der Waals surface area contributed by atoms with Crippen LogP contribution in [-0.2, 0) is 6.54 Å². The van der Waals surface area contributed by atoms with Gasteiger partial charge in [0.1, 0.15) is 5.75 Å². The molecule has 3 rings (SSSR count). The lowest BCUT2D eigenvalue weighted by Crippen LogP contribution is -2.11. The Labute approximate surface area is 134 Å². The molecule has 0 amide bonds. The van der Waals surface area contributed by atoms with Gasteiger partial charge in [0.15, 0.2) is 6.61 Å². The third-order valence-electron chi connectivity index (χ3n) is 3.61. The third kappa shape index (κ3) is 2.85. The number of ether oxygens (including phenoxy) is 1. The number of Topliss-reactive ketones (excluding diaryl/α,β-unsaturated/α-hetero) is 1. The van der Waals surface area contributed by atoms with E-state index in [-0.39, 0.29) is 12.4 Å². The van der Waals surface area contributed by atoms with Crippen LogP contribution in [0.25, 0.3) is 10.9 Å². The molecule has 1 aromatic heterocycles. The number of para-hydroxylation sites is 1. The minimum Gasteiger partial charge on any atom is -0.485 e. The van der Waals surface area contributed by atoms with Gasteiger partial charge in [-0.2, -0.15) is 0 Å². The van der Waals surface area contributed by atoms with E-state index in [9.17, 15) is 4.79 Å². The summed E-state index contributed by atoms with van der Waals surface area (Å²) >= 11 is 5.83. The molecule has 1 heterocycles. The average molecular weight is 314 g/mol. The summed E-state index contributed by atoms with van der Waals surface area (Å²) in [6.07, 6.45) is 1.90. The number of aromatic nitrogens is 1. The number of fused-ring (bicyclic) bond motifs is 1. The molecule has 0 bridgehead atoms. The molecule has 112 valence electrons. The molecule has 3 nitrogen and oxygen atoms in total. The van der Waals surface area contributed by atoms with Crippen LogP contribution in [0, 0.1) is 0 Å². The predicted octanol–water partition coefficient (Wildman–Crippen LogP) is 4.58. The van der Waals surface area contributed by atoms with Crippen molar-refractivity contribution in [1.29, 1.82) is 0 Å². The molecule has 22 heavy (non-hydrogen) atoms. The number of carbonyl (C=O) groups is 1. The Kier molecular flexibility index (Phi) is 4.16. The zero-order valence-corrected chi connectivity index (χ0v) is 13.0. The van der Waals surface area contributed by atoms with Crippen molar-refractivity contribution in [3.8, 4) is 5.75 Å². The van der Waals surface area contributed by atoms with Gasteiger partial charge < -0.3 is 9.30 Å². The number of hydrogen-bond acceptors (Lipinski definition) is 2. The molecule has 0 aliphatic rings. The Morgan fingerprint density at radius 3 is 2.59 bits per heavy atom. The first-order valence-electron chi connectivity index (χ1n) is 7.18. The molecule has 3 aromatic rings. The Hall–Kier alpha value is -2.26. The minimum atomic E-state index is -0.0293. The van der Waals surface area contributed by atoms with Gasteiger partial charge in [0.05, 0.1) is 0 Å². The lowest BCUT2D eigenvalue weighted by Gasteiger charge is -2.05. The third-order valence-corrected chi connectivity index (χ3v) is 3.87. The van der Waals surface area contributed by atoms with Crippen LogP contribution in [0.4, 0.5) is 0 Å². The van der Waals surface area contributed by atoms with Gasteiger partial charge in [-0.15, -0.1) is 0 Å². The Morgan fingerprint density at radius 1 is 1.14 bits per heavy atom. The van der Waals surface area contributed by atoms with Crippen LogP contribution < -0.4 is 4.74 Å². The fourth-order valence-corrected chi connectivity index (χ4v) is 2.61. The van der Waals surface area contributed by atoms with Crippen molar-refractivity contribution in [2.24, 2.45) is 0 Å². The van der Waals surface area contributed by atoms with Crippen molar-refractivity contribution < 1.29 is 9.53 Å². The monoisotopic (exact) mass is 313 g/mol. The highest BCUT2D eigenvalue weighted by molar-refractivity contribution is 6.30. The highest BCUT2D eigenvalue weighted by Crippen LogP contribution is 2.22. The van der Waals surface area contributed by atoms with E-state index in [1.165, 1.54) is 0 Å². The summed E-state index contributed by atoms with van der Waals surface area (Å²) in [5.74, 6) is 0.607. The van der Waals surface area contributed by atoms with Crippen LogP contribution in [0.3, 0.4) is 0 Å². The summed E-state index contributed by atoms with van der Waals surface area (Å²) in [6.45, 7) is 2.90. The predicted molar refractivity (Wildman–Crippen MR) is 88.9 cm³/mol. The smallest absolute Gasteiger partial charge is 0.202 e. The van der Waals surface area contributed by atoms with Crippen molar-refractivity contribution in [1.82, 2.24) is 4.57 Å². The molecule has 0 N–H and O–H groups in total. The highest BCUT2D eigenvalue weighted by atomic mass is 35.5. The summed E-state index contributed by atoms with van der Waals surface area (Å²) in [5, 5.41) is 1.61. The molecule has 0 aliphatic heterocycles. The van der Waals surface area contributed by atoms with Crippen LogP contribution in [0.1, 0.15) is 17.3 Å². The number of benzene rings is 2. The SMILES string of the molecule is CCn1cc(C(=O)COc2ccc(Cl)cc2)c2ccccc21. The van der Waals surface area contributed by atoms with Crippen LogP contribution in [-0.4, -0.2) is 17.0 Å².